The van der Waals surface area contributed by atoms with Gasteiger partial charge in [0.15, 0.2) is 10.9 Å². The van der Waals surface area contributed by atoms with E-state index < -0.39 is 18.5 Å². The molecule has 29 heavy (non-hydrogen) atoms. The Hall–Kier alpha value is -3.17. The molecule has 1 saturated heterocycles. The van der Waals surface area contributed by atoms with Crippen LogP contribution in [0.2, 0.25) is 0 Å². The van der Waals surface area contributed by atoms with Crippen molar-refractivity contribution in [3.05, 3.63) is 70.6 Å². The van der Waals surface area contributed by atoms with Crippen molar-refractivity contribution >= 4 is 52.2 Å². The number of para-hydroxylation sites is 1. The third-order valence-electron chi connectivity index (χ3n) is 3.79. The minimum atomic E-state index is -1.10. The zero-order valence-electron chi connectivity index (χ0n) is 15.0. The average molecular weight is 428 g/mol. The van der Waals surface area contributed by atoms with Crippen molar-refractivity contribution in [2.75, 3.05) is 6.61 Å². The molecule has 0 spiro atoms. The van der Waals surface area contributed by atoms with E-state index in [1.54, 1.807) is 30.3 Å². The quantitative estimate of drug-likeness (QED) is 0.517. The number of aliphatic carboxylic acids is 1. The molecule has 0 aromatic heterocycles. The number of nitrogens with zero attached hydrogens (tertiary/aromatic N) is 1. The molecule has 7 nitrogen and oxygen atoms in total. The van der Waals surface area contributed by atoms with Gasteiger partial charge in [0.05, 0.1) is 11.3 Å². The number of thiocarbonyl (C=S) groups is 1. The fourth-order valence-electron chi connectivity index (χ4n) is 2.52. The predicted molar refractivity (Wildman–Crippen MR) is 113 cm³/mol. The molecular formula is C20H16N2O5S2. The molecule has 0 unspecified atom stereocenters. The Kier molecular flexibility index (Phi) is 6.63. The van der Waals surface area contributed by atoms with E-state index in [9.17, 15) is 14.4 Å². The zero-order valence-corrected chi connectivity index (χ0v) is 16.7. The number of ether oxygens (including phenoxy) is 1. The lowest BCUT2D eigenvalue weighted by Gasteiger charge is -2.15. The summed E-state index contributed by atoms with van der Waals surface area (Å²) < 4.78 is 5.45. The number of carboxylic acid groups (broad SMARTS) is 1. The number of nitrogens with one attached hydrogen (secondary N) is 1. The summed E-state index contributed by atoms with van der Waals surface area (Å²) in [5.74, 6) is -1.60. The van der Waals surface area contributed by atoms with Crippen LogP contribution in [-0.2, 0) is 20.8 Å². The molecule has 2 aromatic rings. The number of amides is 2. The molecule has 9 heteroatoms. The smallest absolute Gasteiger partial charge is 0.341 e. The fourth-order valence-corrected chi connectivity index (χ4v) is 3.69. The second-order valence-corrected chi connectivity index (χ2v) is 7.61. The van der Waals surface area contributed by atoms with Crippen LogP contribution in [0.15, 0.2) is 59.5 Å². The molecule has 2 N–H and O–H groups in total. The molecule has 0 aliphatic carbocycles. The minimum Gasteiger partial charge on any atom is -0.481 e. The first-order valence-corrected chi connectivity index (χ1v) is 9.71. The molecule has 2 aromatic carbocycles. The summed E-state index contributed by atoms with van der Waals surface area (Å²) in [7, 11) is 0. The first-order valence-electron chi connectivity index (χ1n) is 8.49. The van der Waals surface area contributed by atoms with Gasteiger partial charge in [-0.3, -0.25) is 15.0 Å². The van der Waals surface area contributed by atoms with Crippen LogP contribution in [0.25, 0.3) is 6.08 Å². The lowest BCUT2D eigenvalue weighted by atomic mass is 10.1. The summed E-state index contributed by atoms with van der Waals surface area (Å²) in [6, 6.07) is 15.9. The summed E-state index contributed by atoms with van der Waals surface area (Å²) in [6.45, 7) is -0.499. The number of benzene rings is 2. The number of rotatable bonds is 7. The molecule has 3 rings (SSSR count). The molecule has 0 radical (unpaired) electrons. The number of thioether (sulfide) groups is 1. The first kappa shape index (κ1) is 20.6. The van der Waals surface area contributed by atoms with Gasteiger partial charge in [-0.1, -0.05) is 60.3 Å². The third-order valence-corrected chi connectivity index (χ3v) is 5.10. The normalized spacial score (nSPS) is 14.9. The molecule has 1 aliphatic rings. The van der Waals surface area contributed by atoms with Gasteiger partial charge >= 0.3 is 5.97 Å². The summed E-state index contributed by atoms with van der Waals surface area (Å²) in [4.78, 5) is 36.0. The van der Waals surface area contributed by atoms with Gasteiger partial charge in [0.1, 0.15) is 5.75 Å². The van der Waals surface area contributed by atoms with Crippen molar-refractivity contribution in [1.29, 1.82) is 0 Å². The summed E-state index contributed by atoms with van der Waals surface area (Å²) in [5.41, 5.74) is 3.88. The van der Waals surface area contributed by atoms with Gasteiger partial charge in [-0.25, -0.2) is 4.79 Å². The second kappa shape index (κ2) is 9.35. The SMILES string of the molecule is O=C(O)COc1ccccc1/C=C1/SC(=S)N(NC(=O)Cc2ccccc2)C1=O. The molecule has 2 amide bonds. The molecule has 0 atom stereocenters. The van der Waals surface area contributed by atoms with Crippen molar-refractivity contribution in [2.45, 2.75) is 6.42 Å². The Morgan fingerprint density at radius 1 is 1.14 bits per heavy atom. The maximum absolute atomic E-state index is 12.7. The minimum absolute atomic E-state index is 0.114. The van der Waals surface area contributed by atoms with Crippen LogP contribution in [0.3, 0.4) is 0 Å². The van der Waals surface area contributed by atoms with Crippen molar-refractivity contribution in [1.82, 2.24) is 10.4 Å². The maximum atomic E-state index is 12.7. The molecule has 148 valence electrons. The van der Waals surface area contributed by atoms with Gasteiger partial charge in [-0.2, -0.15) is 5.01 Å². The van der Waals surface area contributed by atoms with Crippen molar-refractivity contribution in [2.24, 2.45) is 0 Å². The Bertz CT molecular complexity index is 991. The van der Waals surface area contributed by atoms with Gasteiger partial charge in [0.2, 0.25) is 5.91 Å². The molecule has 0 bridgehead atoms. The summed E-state index contributed by atoms with van der Waals surface area (Å²) >= 11 is 6.26. The highest BCUT2D eigenvalue weighted by atomic mass is 32.2. The van der Waals surface area contributed by atoms with E-state index in [-0.39, 0.29) is 16.6 Å². The fraction of sp³-hybridized carbons (Fsp3) is 0.100. The van der Waals surface area contributed by atoms with Gasteiger partial charge < -0.3 is 9.84 Å². The lowest BCUT2D eigenvalue weighted by molar-refractivity contribution is -0.139. The topological polar surface area (TPSA) is 95.9 Å². The maximum Gasteiger partial charge on any atom is 0.341 e. The van der Waals surface area contributed by atoms with Gasteiger partial charge in [0, 0.05) is 5.56 Å². The van der Waals surface area contributed by atoms with E-state index in [0.29, 0.717) is 16.2 Å². The highest BCUT2D eigenvalue weighted by molar-refractivity contribution is 8.26. The molecule has 1 aliphatic heterocycles. The Morgan fingerprint density at radius 2 is 1.83 bits per heavy atom. The molecule has 1 fully saturated rings. The van der Waals surface area contributed by atoms with Crippen LogP contribution in [0.5, 0.6) is 5.75 Å². The van der Waals surface area contributed by atoms with Crippen LogP contribution < -0.4 is 10.2 Å². The molecule has 1 heterocycles. The number of carbonyl (C=O) groups is 3. The lowest BCUT2D eigenvalue weighted by Crippen LogP contribution is -2.45. The Morgan fingerprint density at radius 3 is 2.55 bits per heavy atom. The van der Waals surface area contributed by atoms with E-state index in [2.05, 4.69) is 5.43 Å². The monoisotopic (exact) mass is 428 g/mol. The molecule has 0 saturated carbocycles. The van der Waals surface area contributed by atoms with Gasteiger partial charge in [-0.15, -0.1) is 0 Å². The Balaban J connectivity index is 1.72. The summed E-state index contributed by atoms with van der Waals surface area (Å²) in [6.07, 6.45) is 1.67. The highest BCUT2D eigenvalue weighted by Gasteiger charge is 2.33. The number of hydrogen-bond donors (Lipinski definition) is 2. The number of hydrogen-bond acceptors (Lipinski definition) is 6. The van der Waals surface area contributed by atoms with Crippen LogP contribution in [-0.4, -0.2) is 38.8 Å². The van der Waals surface area contributed by atoms with Crippen LogP contribution in [0, 0.1) is 0 Å². The first-order chi connectivity index (χ1) is 13.9. The van der Waals surface area contributed by atoms with E-state index in [4.69, 9.17) is 22.1 Å². The van der Waals surface area contributed by atoms with Crippen LogP contribution in [0.4, 0.5) is 0 Å². The van der Waals surface area contributed by atoms with Gasteiger partial charge in [-0.05, 0) is 29.9 Å². The highest BCUT2D eigenvalue weighted by Crippen LogP contribution is 2.33. The van der Waals surface area contributed by atoms with E-state index in [1.807, 2.05) is 30.3 Å². The second-order valence-electron chi connectivity index (χ2n) is 5.93. The zero-order chi connectivity index (χ0) is 20.8. The van der Waals surface area contributed by atoms with E-state index in [1.165, 1.54) is 0 Å². The largest absolute Gasteiger partial charge is 0.481 e. The average Bonchev–Trinajstić information content (AvgIpc) is 2.95. The Labute approximate surface area is 176 Å². The predicted octanol–water partition coefficient (Wildman–Crippen LogP) is 2.63. The third kappa shape index (κ3) is 5.43. The number of hydrazine groups is 1. The van der Waals surface area contributed by atoms with E-state index >= 15 is 0 Å². The number of carbonyl (C=O) groups excluding carboxylic acids is 2. The van der Waals surface area contributed by atoms with Crippen molar-refractivity contribution < 1.29 is 24.2 Å². The van der Waals surface area contributed by atoms with Gasteiger partial charge in [0.25, 0.3) is 5.91 Å². The number of carboxylic acids is 1. The van der Waals surface area contributed by atoms with Crippen molar-refractivity contribution in [3.8, 4) is 5.75 Å². The molecular weight excluding hydrogens is 412 g/mol. The van der Waals surface area contributed by atoms with Crippen LogP contribution >= 0.6 is 24.0 Å². The summed E-state index contributed by atoms with van der Waals surface area (Å²) in [5, 5.41) is 9.83. The van der Waals surface area contributed by atoms with Crippen LogP contribution in [0.1, 0.15) is 11.1 Å². The van der Waals surface area contributed by atoms with Crippen molar-refractivity contribution in [3.63, 3.8) is 0 Å². The van der Waals surface area contributed by atoms with E-state index in [0.717, 1.165) is 22.3 Å². The standard InChI is InChI=1S/C20H16N2O5S2/c23-17(10-13-6-2-1-3-7-13)21-22-19(26)16(29-20(22)28)11-14-8-4-5-9-15(14)27-12-18(24)25/h1-9,11H,10,12H2,(H,21,23)(H,24,25)/b16-11+.